The number of aromatic nitrogens is 1. The molecule has 8 nitrogen and oxygen atoms in total. The number of hydrogen-bond donors (Lipinski definition) is 0. The van der Waals surface area contributed by atoms with Crippen molar-refractivity contribution in [3.8, 4) is 11.5 Å². The smallest absolute Gasteiger partial charge is 0.251 e. The number of benzene rings is 1. The van der Waals surface area contributed by atoms with E-state index in [1.54, 1.807) is 11.8 Å². The van der Waals surface area contributed by atoms with E-state index in [-0.39, 0.29) is 18.6 Å². The molecule has 0 spiro atoms. The zero-order valence-corrected chi connectivity index (χ0v) is 18.7. The minimum absolute atomic E-state index is 0.178. The molecular weight excluding hydrogens is 434 g/mol. The average molecular weight is 458 g/mol. The number of piperidine rings is 1. The standard InChI is InChI=1S/C18H23N3O5S3/c1-27-8-7-21-13-9-14-15(26-11-25-14)10-16(13)28-18(21)19-17(22)12-3-5-20(6-4-12)29(2,23)24/h9-10,12H,3-8,11H2,1-2H3. The SMILES string of the molecule is CSCCn1c(=NC(=O)C2CCN(S(C)(=O)=O)CC2)sc2cc3c(cc21)OCO3. The zero-order valence-electron chi connectivity index (χ0n) is 16.3. The Morgan fingerprint density at radius 2 is 1.97 bits per heavy atom. The molecule has 1 aromatic heterocycles. The molecule has 0 aliphatic carbocycles. The maximum Gasteiger partial charge on any atom is 0.251 e. The van der Waals surface area contributed by atoms with Crippen molar-refractivity contribution in [3.05, 3.63) is 16.9 Å². The van der Waals surface area contributed by atoms with E-state index in [0.717, 1.165) is 22.5 Å². The lowest BCUT2D eigenvalue weighted by Gasteiger charge is -2.28. The summed E-state index contributed by atoms with van der Waals surface area (Å²) < 4.78 is 38.8. The van der Waals surface area contributed by atoms with Gasteiger partial charge in [0.1, 0.15) is 0 Å². The van der Waals surface area contributed by atoms with Crippen molar-refractivity contribution in [2.45, 2.75) is 19.4 Å². The van der Waals surface area contributed by atoms with Crippen LogP contribution in [0.3, 0.4) is 0 Å². The predicted molar refractivity (Wildman–Crippen MR) is 114 cm³/mol. The Bertz CT molecular complexity index is 1100. The van der Waals surface area contributed by atoms with E-state index in [4.69, 9.17) is 9.47 Å². The molecule has 11 heteroatoms. The predicted octanol–water partition coefficient (Wildman–Crippen LogP) is 1.89. The fourth-order valence-electron chi connectivity index (χ4n) is 3.56. The number of sulfonamides is 1. The highest BCUT2D eigenvalue weighted by atomic mass is 32.2. The summed E-state index contributed by atoms with van der Waals surface area (Å²) in [6.07, 6.45) is 4.25. The van der Waals surface area contributed by atoms with Gasteiger partial charge in [0.2, 0.25) is 16.8 Å². The molecule has 4 rings (SSSR count). The van der Waals surface area contributed by atoms with E-state index in [1.165, 1.54) is 21.9 Å². The highest BCUT2D eigenvalue weighted by Gasteiger charge is 2.29. The van der Waals surface area contributed by atoms with Gasteiger partial charge in [-0.3, -0.25) is 4.79 Å². The summed E-state index contributed by atoms with van der Waals surface area (Å²) in [4.78, 5) is 17.9. The summed E-state index contributed by atoms with van der Waals surface area (Å²) in [7, 11) is -3.21. The molecule has 0 N–H and O–H groups in total. The third-order valence-electron chi connectivity index (χ3n) is 5.17. The molecule has 3 heterocycles. The van der Waals surface area contributed by atoms with Crippen molar-refractivity contribution in [1.29, 1.82) is 0 Å². The van der Waals surface area contributed by atoms with Crippen LogP contribution in [0.15, 0.2) is 17.1 Å². The highest BCUT2D eigenvalue weighted by Crippen LogP contribution is 2.37. The summed E-state index contributed by atoms with van der Waals surface area (Å²) in [5, 5.41) is 0. The van der Waals surface area contributed by atoms with Gasteiger partial charge < -0.3 is 14.0 Å². The Hall–Kier alpha value is -1.56. The van der Waals surface area contributed by atoms with Crippen LogP contribution in [0.4, 0.5) is 0 Å². The Balaban J connectivity index is 1.64. The third-order valence-corrected chi connectivity index (χ3v) is 8.11. The first-order valence-corrected chi connectivity index (χ1v) is 13.4. The van der Waals surface area contributed by atoms with E-state index in [9.17, 15) is 13.2 Å². The van der Waals surface area contributed by atoms with E-state index >= 15 is 0 Å². The number of carbonyl (C=O) groups is 1. The van der Waals surface area contributed by atoms with Crippen molar-refractivity contribution in [2.24, 2.45) is 10.9 Å². The molecule has 0 bridgehead atoms. The summed E-state index contributed by atoms with van der Waals surface area (Å²) in [6.45, 7) is 1.69. The van der Waals surface area contributed by atoms with Crippen LogP contribution in [0.1, 0.15) is 12.8 Å². The number of aryl methyl sites for hydroxylation is 1. The number of carbonyl (C=O) groups excluding carboxylic acids is 1. The molecule has 2 aliphatic rings. The first-order chi connectivity index (χ1) is 13.9. The number of hydrogen-bond acceptors (Lipinski definition) is 7. The van der Waals surface area contributed by atoms with Gasteiger partial charge >= 0.3 is 0 Å². The fraction of sp³-hybridized carbons (Fsp3) is 0.556. The second kappa shape index (κ2) is 8.29. The topological polar surface area (TPSA) is 90.2 Å². The maximum atomic E-state index is 12.8. The van der Waals surface area contributed by atoms with Crippen LogP contribution in [-0.2, 0) is 21.4 Å². The molecule has 29 heavy (non-hydrogen) atoms. The zero-order chi connectivity index (χ0) is 20.6. The average Bonchev–Trinajstić information content (AvgIpc) is 3.27. The minimum atomic E-state index is -3.21. The second-order valence-corrected chi connectivity index (χ2v) is 11.1. The van der Waals surface area contributed by atoms with Crippen molar-refractivity contribution >= 4 is 49.2 Å². The summed E-state index contributed by atoms with van der Waals surface area (Å²) in [5.41, 5.74) is 0.978. The Morgan fingerprint density at radius 1 is 1.28 bits per heavy atom. The van der Waals surface area contributed by atoms with Gasteiger partial charge in [0.15, 0.2) is 16.3 Å². The van der Waals surface area contributed by atoms with Gasteiger partial charge in [-0.25, -0.2) is 12.7 Å². The maximum absolute atomic E-state index is 12.8. The number of thiazole rings is 1. The van der Waals surface area contributed by atoms with Crippen LogP contribution in [-0.4, -0.2) is 61.3 Å². The normalized spacial score (nSPS) is 18.6. The van der Waals surface area contributed by atoms with E-state index in [1.807, 2.05) is 18.4 Å². The molecule has 1 amide bonds. The number of thioether (sulfide) groups is 1. The van der Waals surface area contributed by atoms with Gasteiger partial charge in [-0.1, -0.05) is 11.3 Å². The largest absolute Gasteiger partial charge is 0.454 e. The number of nitrogens with zero attached hydrogens (tertiary/aromatic N) is 3. The van der Waals surface area contributed by atoms with Crippen molar-refractivity contribution in [1.82, 2.24) is 8.87 Å². The van der Waals surface area contributed by atoms with E-state index < -0.39 is 10.0 Å². The lowest BCUT2D eigenvalue weighted by molar-refractivity contribution is -0.122. The molecule has 0 atom stereocenters. The molecule has 1 fully saturated rings. The molecule has 1 saturated heterocycles. The van der Waals surface area contributed by atoms with Gasteiger partial charge in [0.25, 0.3) is 5.91 Å². The highest BCUT2D eigenvalue weighted by molar-refractivity contribution is 7.98. The van der Waals surface area contributed by atoms with Gasteiger partial charge in [-0.15, -0.1) is 0 Å². The van der Waals surface area contributed by atoms with Crippen LogP contribution in [0.5, 0.6) is 11.5 Å². The van der Waals surface area contributed by atoms with Gasteiger partial charge in [0, 0.05) is 43.4 Å². The monoisotopic (exact) mass is 457 g/mol. The van der Waals surface area contributed by atoms with Crippen LogP contribution < -0.4 is 14.3 Å². The first kappa shape index (κ1) is 20.7. The molecule has 2 aromatic rings. The number of fused-ring (bicyclic) bond motifs is 2. The van der Waals surface area contributed by atoms with Crippen LogP contribution in [0.25, 0.3) is 10.2 Å². The van der Waals surface area contributed by atoms with E-state index in [2.05, 4.69) is 9.56 Å². The molecular formula is C18H23N3O5S3. The quantitative estimate of drug-likeness (QED) is 0.681. The molecule has 0 saturated carbocycles. The first-order valence-electron chi connectivity index (χ1n) is 9.32. The summed E-state index contributed by atoms with van der Waals surface area (Å²) in [6, 6.07) is 3.88. The van der Waals surface area contributed by atoms with Crippen LogP contribution >= 0.6 is 23.1 Å². The fourth-order valence-corrected chi connectivity index (χ4v) is 5.87. The Kier molecular flexibility index (Phi) is 5.92. The second-order valence-electron chi connectivity index (χ2n) is 7.09. The molecule has 158 valence electrons. The molecule has 2 aliphatic heterocycles. The summed E-state index contributed by atoms with van der Waals surface area (Å²) >= 11 is 3.19. The van der Waals surface area contributed by atoms with Crippen LogP contribution in [0.2, 0.25) is 0 Å². The molecule has 0 unspecified atom stereocenters. The van der Waals surface area contributed by atoms with Crippen molar-refractivity contribution < 1.29 is 22.7 Å². The molecule has 0 radical (unpaired) electrons. The lowest BCUT2D eigenvalue weighted by Crippen LogP contribution is -2.39. The minimum Gasteiger partial charge on any atom is -0.454 e. The Labute approximate surface area is 177 Å². The number of amides is 1. The van der Waals surface area contributed by atoms with Crippen LogP contribution in [0, 0.1) is 5.92 Å². The van der Waals surface area contributed by atoms with Gasteiger partial charge in [-0.2, -0.15) is 16.8 Å². The molecule has 1 aromatic carbocycles. The van der Waals surface area contributed by atoms with Crippen molar-refractivity contribution in [3.63, 3.8) is 0 Å². The van der Waals surface area contributed by atoms with Gasteiger partial charge in [-0.05, 0) is 19.1 Å². The van der Waals surface area contributed by atoms with Crippen molar-refractivity contribution in [2.75, 3.05) is 38.1 Å². The van der Waals surface area contributed by atoms with Gasteiger partial charge in [0.05, 0.1) is 16.5 Å². The number of ether oxygens (including phenoxy) is 2. The lowest BCUT2D eigenvalue weighted by atomic mass is 9.98. The number of rotatable bonds is 5. The summed E-state index contributed by atoms with van der Waals surface area (Å²) in [5.74, 6) is 1.89. The Morgan fingerprint density at radius 3 is 2.62 bits per heavy atom. The third kappa shape index (κ3) is 4.32. The van der Waals surface area contributed by atoms with E-state index in [0.29, 0.717) is 42.2 Å².